The minimum Gasteiger partial charge on any atom is -0.493 e. The van der Waals surface area contributed by atoms with E-state index in [-0.39, 0.29) is 17.7 Å². The molecule has 1 saturated heterocycles. The first-order chi connectivity index (χ1) is 10.7. The number of nitrogens with zero attached hydrogens (tertiary/aromatic N) is 2. The lowest BCUT2D eigenvalue weighted by atomic mass is 10.1. The number of carbonyl (C=O) groups excluding carboxylic acids is 1. The molecule has 1 unspecified atom stereocenters. The number of hydrogen-bond acceptors (Lipinski definition) is 5. The van der Waals surface area contributed by atoms with Crippen LogP contribution in [0.25, 0.3) is 0 Å². The van der Waals surface area contributed by atoms with E-state index >= 15 is 0 Å². The molecule has 0 spiro atoms. The highest BCUT2D eigenvalue weighted by Crippen LogP contribution is 2.23. The van der Waals surface area contributed by atoms with Crippen molar-refractivity contribution < 1.29 is 19.2 Å². The van der Waals surface area contributed by atoms with Gasteiger partial charge in [0, 0.05) is 25.1 Å². The van der Waals surface area contributed by atoms with Gasteiger partial charge in [0.15, 0.2) is 0 Å². The molecule has 7 nitrogen and oxygen atoms in total. The number of ether oxygens (including phenoxy) is 2. The van der Waals surface area contributed by atoms with Crippen LogP contribution in [-0.4, -0.2) is 41.2 Å². The largest absolute Gasteiger partial charge is 0.493 e. The van der Waals surface area contributed by atoms with Crippen molar-refractivity contribution in [3.63, 3.8) is 0 Å². The van der Waals surface area contributed by atoms with Gasteiger partial charge < -0.3 is 14.4 Å². The molecule has 1 fully saturated rings. The van der Waals surface area contributed by atoms with Crippen LogP contribution in [-0.2, 0) is 4.74 Å². The van der Waals surface area contributed by atoms with Gasteiger partial charge in [0.1, 0.15) is 11.4 Å². The number of benzene rings is 1. The van der Waals surface area contributed by atoms with Crippen LogP contribution in [0.5, 0.6) is 5.75 Å². The summed E-state index contributed by atoms with van der Waals surface area (Å²) in [6.07, 6.45) is 0.518. The van der Waals surface area contributed by atoms with Crippen molar-refractivity contribution >= 4 is 11.8 Å². The Morgan fingerprint density at radius 1 is 1.43 bits per heavy atom. The van der Waals surface area contributed by atoms with E-state index in [1.807, 2.05) is 20.8 Å². The second kappa shape index (κ2) is 6.85. The van der Waals surface area contributed by atoms with Crippen LogP contribution in [0, 0.1) is 16.0 Å². The van der Waals surface area contributed by atoms with Crippen LogP contribution < -0.4 is 4.74 Å². The zero-order valence-corrected chi connectivity index (χ0v) is 13.7. The lowest BCUT2D eigenvalue weighted by Gasteiger charge is -2.24. The number of hydrogen-bond donors (Lipinski definition) is 0. The summed E-state index contributed by atoms with van der Waals surface area (Å²) < 4.78 is 11.0. The summed E-state index contributed by atoms with van der Waals surface area (Å²) in [5.74, 6) is 0.664. The zero-order chi connectivity index (χ0) is 17.0. The average molecular weight is 322 g/mol. The Kier molecular flexibility index (Phi) is 5.08. The van der Waals surface area contributed by atoms with E-state index < -0.39 is 10.5 Å². The fourth-order valence-electron chi connectivity index (χ4n) is 2.36. The van der Waals surface area contributed by atoms with Crippen LogP contribution in [0.3, 0.4) is 0 Å². The number of amides is 1. The quantitative estimate of drug-likeness (QED) is 0.628. The number of likely N-dealkylation sites (tertiary alicyclic amines) is 1. The van der Waals surface area contributed by atoms with Crippen molar-refractivity contribution in [2.45, 2.75) is 32.8 Å². The normalized spacial score (nSPS) is 17.9. The molecular formula is C16H22N2O5. The molecule has 1 amide bonds. The van der Waals surface area contributed by atoms with Gasteiger partial charge in [-0.05, 0) is 33.3 Å². The average Bonchev–Trinajstić information content (AvgIpc) is 2.92. The molecule has 1 aliphatic rings. The van der Waals surface area contributed by atoms with Crippen LogP contribution in [0.1, 0.15) is 27.2 Å². The maximum absolute atomic E-state index is 12.0. The summed E-state index contributed by atoms with van der Waals surface area (Å²) >= 11 is 0. The Labute approximate surface area is 135 Å². The lowest BCUT2D eigenvalue weighted by Crippen LogP contribution is -2.35. The van der Waals surface area contributed by atoms with Crippen molar-refractivity contribution in [2.75, 3.05) is 19.7 Å². The maximum atomic E-state index is 12.0. The zero-order valence-electron chi connectivity index (χ0n) is 13.7. The fourth-order valence-corrected chi connectivity index (χ4v) is 2.36. The molecule has 1 aromatic rings. The predicted octanol–water partition coefficient (Wildman–Crippen LogP) is 3.23. The summed E-state index contributed by atoms with van der Waals surface area (Å²) in [5, 5.41) is 10.7. The van der Waals surface area contributed by atoms with Crippen molar-refractivity contribution in [3.05, 3.63) is 34.4 Å². The first-order valence-electron chi connectivity index (χ1n) is 7.60. The molecule has 2 rings (SSSR count). The van der Waals surface area contributed by atoms with Gasteiger partial charge in [-0.3, -0.25) is 10.1 Å². The van der Waals surface area contributed by atoms with Crippen molar-refractivity contribution in [3.8, 4) is 5.75 Å². The second-order valence-electron chi connectivity index (χ2n) is 6.65. The number of nitro groups is 1. The van der Waals surface area contributed by atoms with Crippen LogP contribution in [0.2, 0.25) is 0 Å². The van der Waals surface area contributed by atoms with E-state index in [1.165, 1.54) is 12.1 Å². The van der Waals surface area contributed by atoms with Gasteiger partial charge in [0.25, 0.3) is 5.69 Å². The molecule has 7 heteroatoms. The predicted molar refractivity (Wildman–Crippen MR) is 84.5 cm³/mol. The Bertz CT molecular complexity index is 582. The Morgan fingerprint density at radius 2 is 2.17 bits per heavy atom. The summed E-state index contributed by atoms with van der Waals surface area (Å²) in [6.45, 7) is 7.14. The molecule has 1 aliphatic heterocycles. The first-order valence-corrected chi connectivity index (χ1v) is 7.60. The Hall–Kier alpha value is -2.31. The smallest absolute Gasteiger partial charge is 0.410 e. The first kappa shape index (κ1) is 17.1. The van der Waals surface area contributed by atoms with E-state index in [4.69, 9.17) is 9.47 Å². The van der Waals surface area contributed by atoms with E-state index in [1.54, 1.807) is 17.0 Å². The lowest BCUT2D eigenvalue weighted by molar-refractivity contribution is -0.384. The third-order valence-corrected chi connectivity index (χ3v) is 3.45. The molecule has 1 heterocycles. The molecule has 1 atom stereocenters. The van der Waals surface area contributed by atoms with Gasteiger partial charge in [0.2, 0.25) is 0 Å². The van der Waals surface area contributed by atoms with E-state index in [0.717, 1.165) is 6.42 Å². The van der Waals surface area contributed by atoms with E-state index in [0.29, 0.717) is 25.4 Å². The molecule has 23 heavy (non-hydrogen) atoms. The van der Waals surface area contributed by atoms with Crippen molar-refractivity contribution in [2.24, 2.45) is 5.92 Å². The van der Waals surface area contributed by atoms with Gasteiger partial charge in [-0.15, -0.1) is 0 Å². The number of carbonyl (C=O) groups is 1. The molecule has 0 aliphatic carbocycles. The van der Waals surface area contributed by atoms with Gasteiger partial charge in [-0.1, -0.05) is 6.07 Å². The summed E-state index contributed by atoms with van der Waals surface area (Å²) in [7, 11) is 0. The summed E-state index contributed by atoms with van der Waals surface area (Å²) in [6, 6.07) is 6.11. The molecule has 1 aromatic carbocycles. The van der Waals surface area contributed by atoms with E-state index in [2.05, 4.69) is 0 Å². The minimum absolute atomic E-state index is 0.00398. The molecule has 0 N–H and O–H groups in total. The van der Waals surface area contributed by atoms with Gasteiger partial charge >= 0.3 is 6.09 Å². The molecule has 0 aromatic heterocycles. The number of nitro benzene ring substituents is 1. The van der Waals surface area contributed by atoms with Crippen LogP contribution in [0.15, 0.2) is 24.3 Å². The standard InChI is InChI=1S/C16H22N2O5/c1-16(2,3)23-15(19)17-8-7-12(10-17)11-22-14-6-4-5-13(9-14)18(20)21/h4-6,9,12H,7-8,10-11H2,1-3H3. The highest BCUT2D eigenvalue weighted by molar-refractivity contribution is 5.68. The van der Waals surface area contributed by atoms with Gasteiger partial charge in [-0.2, -0.15) is 0 Å². The fraction of sp³-hybridized carbons (Fsp3) is 0.562. The topological polar surface area (TPSA) is 81.9 Å². The molecule has 0 bridgehead atoms. The minimum atomic E-state index is -0.505. The van der Waals surface area contributed by atoms with Crippen LogP contribution in [0.4, 0.5) is 10.5 Å². The number of non-ortho nitro benzene ring substituents is 1. The third-order valence-electron chi connectivity index (χ3n) is 3.45. The SMILES string of the molecule is CC(C)(C)OC(=O)N1CCC(COc2cccc([N+](=O)[O-])c2)C1. The second-order valence-corrected chi connectivity index (χ2v) is 6.65. The Balaban J connectivity index is 1.83. The monoisotopic (exact) mass is 322 g/mol. The third kappa shape index (κ3) is 5.12. The highest BCUT2D eigenvalue weighted by Gasteiger charge is 2.30. The molecular weight excluding hydrogens is 300 g/mol. The summed E-state index contributed by atoms with van der Waals surface area (Å²) in [4.78, 5) is 23.9. The molecule has 126 valence electrons. The molecule has 0 saturated carbocycles. The van der Waals surface area contributed by atoms with Crippen molar-refractivity contribution in [1.82, 2.24) is 4.90 Å². The van der Waals surface area contributed by atoms with E-state index in [9.17, 15) is 14.9 Å². The number of rotatable bonds is 4. The molecule has 0 radical (unpaired) electrons. The Morgan fingerprint density at radius 3 is 2.83 bits per heavy atom. The van der Waals surface area contributed by atoms with Crippen LogP contribution >= 0.6 is 0 Å². The summed E-state index contributed by atoms with van der Waals surface area (Å²) in [5.41, 5.74) is -0.501. The maximum Gasteiger partial charge on any atom is 0.410 e. The van der Waals surface area contributed by atoms with Gasteiger partial charge in [-0.25, -0.2) is 4.79 Å². The van der Waals surface area contributed by atoms with Crippen molar-refractivity contribution in [1.29, 1.82) is 0 Å². The highest BCUT2D eigenvalue weighted by atomic mass is 16.6. The van der Waals surface area contributed by atoms with Gasteiger partial charge in [0.05, 0.1) is 17.6 Å².